The van der Waals surface area contributed by atoms with Crippen LogP contribution in [0.2, 0.25) is 5.02 Å². The third kappa shape index (κ3) is 3.86. The fourth-order valence-corrected chi connectivity index (χ4v) is 2.51. The molecule has 0 saturated carbocycles. The molecule has 1 heterocycles. The van der Waals surface area contributed by atoms with Gasteiger partial charge in [0, 0.05) is 25.8 Å². The predicted molar refractivity (Wildman–Crippen MR) is 85.2 cm³/mol. The topological polar surface area (TPSA) is 60.0 Å². The molecular formula is C16H20ClN3O. The summed E-state index contributed by atoms with van der Waals surface area (Å²) in [6.07, 6.45) is 2.73. The molecule has 1 aromatic carbocycles. The van der Waals surface area contributed by atoms with E-state index in [0.29, 0.717) is 23.8 Å². The Morgan fingerprint density at radius 2 is 2.05 bits per heavy atom. The van der Waals surface area contributed by atoms with E-state index >= 15 is 0 Å². The number of rotatable bonds is 6. The Morgan fingerprint density at radius 3 is 2.71 bits per heavy atom. The third-order valence-corrected chi connectivity index (χ3v) is 3.54. The highest BCUT2D eigenvalue weighted by Gasteiger charge is 2.13. The van der Waals surface area contributed by atoms with Crippen molar-refractivity contribution in [3.05, 3.63) is 58.4 Å². The van der Waals surface area contributed by atoms with E-state index in [9.17, 15) is 4.79 Å². The maximum Gasteiger partial charge on any atom is 0.268 e. The van der Waals surface area contributed by atoms with Crippen LogP contribution < -0.4 is 11.1 Å². The largest absolute Gasteiger partial charge is 0.347 e. The van der Waals surface area contributed by atoms with Crippen molar-refractivity contribution in [2.75, 3.05) is 0 Å². The molecule has 4 nitrogen and oxygen atoms in total. The van der Waals surface area contributed by atoms with Crippen molar-refractivity contribution >= 4 is 17.5 Å². The summed E-state index contributed by atoms with van der Waals surface area (Å²) in [5, 5.41) is 3.51. The normalized spacial score (nSPS) is 10.6. The van der Waals surface area contributed by atoms with E-state index in [2.05, 4.69) is 12.2 Å². The Kier molecular flexibility index (Phi) is 5.42. The van der Waals surface area contributed by atoms with Gasteiger partial charge in [0.25, 0.3) is 5.91 Å². The summed E-state index contributed by atoms with van der Waals surface area (Å²) in [4.78, 5) is 12.3. The van der Waals surface area contributed by atoms with E-state index in [0.717, 1.165) is 24.1 Å². The van der Waals surface area contributed by atoms with Crippen molar-refractivity contribution in [2.45, 2.75) is 33.0 Å². The molecule has 3 N–H and O–H groups in total. The number of amides is 1. The minimum Gasteiger partial charge on any atom is -0.347 e. The number of aromatic nitrogens is 1. The zero-order valence-corrected chi connectivity index (χ0v) is 12.9. The third-order valence-electron chi connectivity index (χ3n) is 3.34. The Balaban J connectivity index is 2.08. The van der Waals surface area contributed by atoms with Crippen LogP contribution in [0, 0.1) is 0 Å². The summed E-state index contributed by atoms with van der Waals surface area (Å²) >= 11 is 5.99. The van der Waals surface area contributed by atoms with Gasteiger partial charge in [-0.2, -0.15) is 0 Å². The van der Waals surface area contributed by atoms with Crippen LogP contribution in [0.5, 0.6) is 0 Å². The van der Waals surface area contributed by atoms with Gasteiger partial charge in [0.2, 0.25) is 0 Å². The van der Waals surface area contributed by atoms with E-state index in [1.807, 2.05) is 28.8 Å². The molecule has 0 aliphatic heterocycles. The van der Waals surface area contributed by atoms with Gasteiger partial charge in [0.05, 0.1) is 5.02 Å². The molecule has 112 valence electrons. The summed E-state index contributed by atoms with van der Waals surface area (Å²) in [5.74, 6) is -0.123. The van der Waals surface area contributed by atoms with Gasteiger partial charge in [0.1, 0.15) is 5.69 Å². The van der Waals surface area contributed by atoms with E-state index in [4.69, 9.17) is 17.3 Å². The molecule has 0 aliphatic rings. The maximum atomic E-state index is 12.3. The standard InChI is InChI=1S/C16H20ClN3O/c1-2-7-20-11-14(17)8-15(20)16(21)19-10-13-6-4-3-5-12(13)9-18/h3-6,8,11H,2,7,9-10,18H2,1H3,(H,19,21). The van der Waals surface area contributed by atoms with Gasteiger partial charge in [-0.25, -0.2) is 0 Å². The van der Waals surface area contributed by atoms with Crippen LogP contribution in [0.4, 0.5) is 0 Å². The van der Waals surface area contributed by atoms with Gasteiger partial charge >= 0.3 is 0 Å². The van der Waals surface area contributed by atoms with Gasteiger partial charge < -0.3 is 15.6 Å². The van der Waals surface area contributed by atoms with Crippen molar-refractivity contribution < 1.29 is 4.79 Å². The van der Waals surface area contributed by atoms with Crippen LogP contribution in [0.15, 0.2) is 36.5 Å². The number of carbonyl (C=O) groups excluding carboxylic acids is 1. The second-order valence-corrected chi connectivity index (χ2v) is 5.33. The lowest BCUT2D eigenvalue weighted by Gasteiger charge is -2.11. The second kappa shape index (κ2) is 7.29. The molecule has 1 aromatic heterocycles. The van der Waals surface area contributed by atoms with Crippen molar-refractivity contribution in [1.29, 1.82) is 0 Å². The molecule has 0 aliphatic carbocycles. The summed E-state index contributed by atoms with van der Waals surface area (Å²) in [5.41, 5.74) is 8.37. The molecule has 0 fully saturated rings. The SMILES string of the molecule is CCCn1cc(Cl)cc1C(=O)NCc1ccccc1CN. The van der Waals surface area contributed by atoms with Crippen LogP contribution in [-0.4, -0.2) is 10.5 Å². The average Bonchev–Trinajstić information content (AvgIpc) is 2.86. The lowest BCUT2D eigenvalue weighted by molar-refractivity contribution is 0.0941. The van der Waals surface area contributed by atoms with E-state index in [-0.39, 0.29) is 5.91 Å². The molecule has 2 rings (SSSR count). The number of nitrogens with two attached hydrogens (primary N) is 1. The Bertz CT molecular complexity index is 622. The molecule has 0 radical (unpaired) electrons. The number of benzene rings is 1. The number of hydrogen-bond acceptors (Lipinski definition) is 2. The minimum absolute atomic E-state index is 0.123. The quantitative estimate of drug-likeness (QED) is 0.862. The zero-order chi connectivity index (χ0) is 15.2. The molecule has 5 heteroatoms. The van der Waals surface area contributed by atoms with Gasteiger partial charge in [-0.05, 0) is 23.6 Å². The van der Waals surface area contributed by atoms with E-state index < -0.39 is 0 Å². The van der Waals surface area contributed by atoms with Gasteiger partial charge in [-0.15, -0.1) is 0 Å². The molecule has 0 unspecified atom stereocenters. The van der Waals surface area contributed by atoms with Crippen molar-refractivity contribution in [2.24, 2.45) is 5.73 Å². The predicted octanol–water partition coefficient (Wildman–Crippen LogP) is 2.94. The highest BCUT2D eigenvalue weighted by molar-refractivity contribution is 6.31. The number of nitrogens with zero attached hydrogens (tertiary/aromatic N) is 1. The first-order valence-corrected chi connectivity index (χ1v) is 7.44. The smallest absolute Gasteiger partial charge is 0.268 e. The van der Waals surface area contributed by atoms with Gasteiger partial charge in [-0.1, -0.05) is 42.8 Å². The van der Waals surface area contributed by atoms with Crippen LogP contribution in [0.1, 0.15) is 35.0 Å². The fraction of sp³-hybridized carbons (Fsp3) is 0.312. The monoisotopic (exact) mass is 305 g/mol. The average molecular weight is 306 g/mol. The number of carbonyl (C=O) groups is 1. The molecule has 0 bridgehead atoms. The fourth-order valence-electron chi connectivity index (χ4n) is 2.29. The minimum atomic E-state index is -0.123. The van der Waals surface area contributed by atoms with Crippen molar-refractivity contribution in [3.8, 4) is 0 Å². The number of halogens is 1. The zero-order valence-electron chi connectivity index (χ0n) is 12.1. The molecule has 0 atom stereocenters. The Hall–Kier alpha value is -1.78. The first kappa shape index (κ1) is 15.6. The number of hydrogen-bond donors (Lipinski definition) is 2. The lowest BCUT2D eigenvalue weighted by Crippen LogP contribution is -2.26. The summed E-state index contributed by atoms with van der Waals surface area (Å²) in [7, 11) is 0. The first-order chi connectivity index (χ1) is 10.2. The van der Waals surface area contributed by atoms with Crippen LogP contribution in [0.25, 0.3) is 0 Å². The van der Waals surface area contributed by atoms with Crippen LogP contribution >= 0.6 is 11.6 Å². The number of nitrogens with one attached hydrogen (secondary N) is 1. The molecule has 2 aromatic rings. The van der Waals surface area contributed by atoms with Crippen LogP contribution in [-0.2, 0) is 19.6 Å². The molecule has 1 amide bonds. The molecule has 21 heavy (non-hydrogen) atoms. The summed E-state index contributed by atoms with van der Waals surface area (Å²) in [6, 6.07) is 9.52. The van der Waals surface area contributed by atoms with Gasteiger partial charge in [-0.3, -0.25) is 4.79 Å². The van der Waals surface area contributed by atoms with E-state index in [1.165, 1.54) is 0 Å². The molecular weight excluding hydrogens is 286 g/mol. The van der Waals surface area contributed by atoms with Crippen molar-refractivity contribution in [3.63, 3.8) is 0 Å². The van der Waals surface area contributed by atoms with Crippen molar-refractivity contribution in [1.82, 2.24) is 9.88 Å². The van der Waals surface area contributed by atoms with E-state index in [1.54, 1.807) is 12.3 Å². The van der Waals surface area contributed by atoms with Gasteiger partial charge in [0.15, 0.2) is 0 Å². The highest BCUT2D eigenvalue weighted by atomic mass is 35.5. The number of aryl methyl sites for hydroxylation is 1. The second-order valence-electron chi connectivity index (χ2n) is 4.89. The Morgan fingerprint density at radius 1 is 1.33 bits per heavy atom. The molecule has 0 spiro atoms. The summed E-state index contributed by atoms with van der Waals surface area (Å²) < 4.78 is 1.88. The Labute approximate surface area is 129 Å². The highest BCUT2D eigenvalue weighted by Crippen LogP contribution is 2.15. The summed E-state index contributed by atoms with van der Waals surface area (Å²) in [6.45, 7) is 3.76. The maximum absolute atomic E-state index is 12.3. The molecule has 0 saturated heterocycles. The first-order valence-electron chi connectivity index (χ1n) is 7.06. The lowest BCUT2D eigenvalue weighted by atomic mass is 10.1. The van der Waals surface area contributed by atoms with Crippen LogP contribution in [0.3, 0.4) is 0 Å².